The molecule has 19 heavy (non-hydrogen) atoms. The van der Waals surface area contributed by atoms with E-state index in [4.69, 9.17) is 16.3 Å². The van der Waals surface area contributed by atoms with E-state index in [0.717, 1.165) is 25.8 Å². The third-order valence-electron chi connectivity index (χ3n) is 3.22. The SMILES string of the molecule is CCCC(CCCl)CNCc1ccc(OC)cc1F. The molecule has 1 atom stereocenters. The molecule has 0 amide bonds. The number of hydrogen-bond acceptors (Lipinski definition) is 2. The Morgan fingerprint density at radius 1 is 1.37 bits per heavy atom. The summed E-state index contributed by atoms with van der Waals surface area (Å²) in [6.45, 7) is 3.59. The molecule has 0 saturated heterocycles. The van der Waals surface area contributed by atoms with Crippen molar-refractivity contribution in [3.05, 3.63) is 29.6 Å². The van der Waals surface area contributed by atoms with Gasteiger partial charge < -0.3 is 10.1 Å². The molecule has 0 aromatic heterocycles. The highest BCUT2D eigenvalue weighted by Gasteiger charge is 2.08. The van der Waals surface area contributed by atoms with Crippen molar-refractivity contribution in [1.82, 2.24) is 5.32 Å². The van der Waals surface area contributed by atoms with Crippen LogP contribution >= 0.6 is 11.6 Å². The number of alkyl halides is 1. The van der Waals surface area contributed by atoms with Crippen LogP contribution in [0.15, 0.2) is 18.2 Å². The van der Waals surface area contributed by atoms with Gasteiger partial charge in [-0.2, -0.15) is 0 Å². The molecule has 1 N–H and O–H groups in total. The van der Waals surface area contributed by atoms with Crippen LogP contribution in [0.2, 0.25) is 0 Å². The average molecular weight is 288 g/mol. The average Bonchev–Trinajstić information content (AvgIpc) is 2.41. The van der Waals surface area contributed by atoms with E-state index in [1.54, 1.807) is 12.1 Å². The zero-order chi connectivity index (χ0) is 14.1. The van der Waals surface area contributed by atoms with E-state index in [2.05, 4.69) is 12.2 Å². The van der Waals surface area contributed by atoms with E-state index in [9.17, 15) is 4.39 Å². The molecule has 1 aromatic carbocycles. The van der Waals surface area contributed by atoms with Gasteiger partial charge in [0.15, 0.2) is 0 Å². The summed E-state index contributed by atoms with van der Waals surface area (Å²) in [6, 6.07) is 4.96. The van der Waals surface area contributed by atoms with Crippen LogP contribution in [0.1, 0.15) is 31.7 Å². The van der Waals surface area contributed by atoms with Crippen molar-refractivity contribution in [2.24, 2.45) is 5.92 Å². The topological polar surface area (TPSA) is 21.3 Å². The van der Waals surface area contributed by atoms with E-state index in [1.807, 2.05) is 0 Å². The lowest BCUT2D eigenvalue weighted by Crippen LogP contribution is -2.23. The Balaban J connectivity index is 2.43. The number of nitrogens with one attached hydrogen (secondary N) is 1. The van der Waals surface area contributed by atoms with Gasteiger partial charge in [-0.25, -0.2) is 4.39 Å². The summed E-state index contributed by atoms with van der Waals surface area (Å²) in [5.41, 5.74) is 0.668. The molecule has 0 bridgehead atoms. The third kappa shape index (κ3) is 5.79. The van der Waals surface area contributed by atoms with E-state index >= 15 is 0 Å². The van der Waals surface area contributed by atoms with E-state index in [-0.39, 0.29) is 5.82 Å². The fourth-order valence-electron chi connectivity index (χ4n) is 2.12. The number of halogens is 2. The van der Waals surface area contributed by atoms with E-state index in [0.29, 0.717) is 29.7 Å². The smallest absolute Gasteiger partial charge is 0.131 e. The second-order valence-corrected chi connectivity index (χ2v) is 5.10. The molecular formula is C15H23ClFNO. The van der Waals surface area contributed by atoms with Crippen LogP contribution in [0.3, 0.4) is 0 Å². The van der Waals surface area contributed by atoms with Crippen LogP contribution in [0.5, 0.6) is 5.75 Å². The summed E-state index contributed by atoms with van der Waals surface area (Å²) >= 11 is 5.78. The Bertz CT molecular complexity index is 367. The molecule has 108 valence electrons. The highest BCUT2D eigenvalue weighted by Crippen LogP contribution is 2.16. The predicted octanol–water partition coefficient (Wildman–Crippen LogP) is 3.97. The maximum absolute atomic E-state index is 13.7. The van der Waals surface area contributed by atoms with Crippen molar-refractivity contribution in [2.45, 2.75) is 32.7 Å². The Labute approximate surface area is 120 Å². The Hall–Kier alpha value is -0.800. The number of methoxy groups -OCH3 is 1. The fraction of sp³-hybridized carbons (Fsp3) is 0.600. The van der Waals surface area contributed by atoms with Crippen molar-refractivity contribution in [3.63, 3.8) is 0 Å². The first kappa shape index (κ1) is 16.3. The molecule has 1 aromatic rings. The van der Waals surface area contributed by atoms with Crippen LogP contribution in [0.4, 0.5) is 4.39 Å². The normalized spacial score (nSPS) is 12.4. The molecule has 0 saturated carbocycles. The number of ether oxygens (including phenoxy) is 1. The van der Waals surface area contributed by atoms with Gasteiger partial charge in [0.25, 0.3) is 0 Å². The lowest BCUT2D eigenvalue weighted by atomic mass is 10.0. The minimum atomic E-state index is -0.226. The van der Waals surface area contributed by atoms with Crippen LogP contribution < -0.4 is 10.1 Å². The van der Waals surface area contributed by atoms with Crippen LogP contribution in [0, 0.1) is 11.7 Å². The summed E-state index contributed by atoms with van der Waals surface area (Å²) in [6.07, 6.45) is 3.32. The van der Waals surface area contributed by atoms with Crippen molar-refractivity contribution >= 4 is 11.6 Å². The van der Waals surface area contributed by atoms with Gasteiger partial charge in [-0.15, -0.1) is 11.6 Å². The van der Waals surface area contributed by atoms with Gasteiger partial charge in [0.2, 0.25) is 0 Å². The van der Waals surface area contributed by atoms with Crippen LogP contribution in [-0.4, -0.2) is 19.5 Å². The van der Waals surface area contributed by atoms with Gasteiger partial charge >= 0.3 is 0 Å². The number of benzene rings is 1. The molecule has 0 aliphatic carbocycles. The van der Waals surface area contributed by atoms with Gasteiger partial charge in [-0.05, 0) is 31.4 Å². The molecule has 4 heteroatoms. The molecule has 1 rings (SSSR count). The van der Waals surface area contributed by atoms with Gasteiger partial charge in [0, 0.05) is 24.1 Å². The van der Waals surface area contributed by atoms with Gasteiger partial charge in [0.05, 0.1) is 7.11 Å². The summed E-state index contributed by atoms with van der Waals surface area (Å²) < 4.78 is 18.7. The minimum absolute atomic E-state index is 0.226. The third-order valence-corrected chi connectivity index (χ3v) is 3.44. The maximum atomic E-state index is 13.7. The second kappa shape index (κ2) is 9.16. The molecule has 2 nitrogen and oxygen atoms in total. The zero-order valence-corrected chi connectivity index (χ0v) is 12.5. The van der Waals surface area contributed by atoms with Crippen LogP contribution in [0.25, 0.3) is 0 Å². The lowest BCUT2D eigenvalue weighted by Gasteiger charge is -2.16. The summed E-state index contributed by atoms with van der Waals surface area (Å²) in [4.78, 5) is 0. The predicted molar refractivity (Wildman–Crippen MR) is 78.4 cm³/mol. The Morgan fingerprint density at radius 2 is 2.16 bits per heavy atom. The minimum Gasteiger partial charge on any atom is -0.497 e. The lowest BCUT2D eigenvalue weighted by molar-refractivity contribution is 0.409. The largest absolute Gasteiger partial charge is 0.497 e. The maximum Gasteiger partial charge on any atom is 0.131 e. The standard InChI is InChI=1S/C15H23ClFNO/c1-3-4-12(7-8-16)10-18-11-13-5-6-14(19-2)9-15(13)17/h5-6,9,12,18H,3-4,7-8,10-11H2,1-2H3. The summed E-state index contributed by atoms with van der Waals surface area (Å²) in [5, 5.41) is 3.31. The van der Waals surface area contributed by atoms with Crippen LogP contribution in [-0.2, 0) is 6.54 Å². The molecular weight excluding hydrogens is 265 g/mol. The monoisotopic (exact) mass is 287 g/mol. The Morgan fingerprint density at radius 3 is 2.74 bits per heavy atom. The molecule has 1 unspecified atom stereocenters. The summed E-state index contributed by atoms with van der Waals surface area (Å²) in [7, 11) is 1.54. The molecule has 0 heterocycles. The summed E-state index contributed by atoms with van der Waals surface area (Å²) in [5.74, 6) is 1.58. The number of hydrogen-bond donors (Lipinski definition) is 1. The molecule has 0 spiro atoms. The molecule has 0 radical (unpaired) electrons. The zero-order valence-electron chi connectivity index (χ0n) is 11.7. The quantitative estimate of drug-likeness (QED) is 0.694. The van der Waals surface area contributed by atoms with Crippen molar-refractivity contribution in [2.75, 3.05) is 19.5 Å². The van der Waals surface area contributed by atoms with E-state index < -0.39 is 0 Å². The van der Waals surface area contributed by atoms with E-state index in [1.165, 1.54) is 13.2 Å². The highest BCUT2D eigenvalue weighted by molar-refractivity contribution is 6.17. The van der Waals surface area contributed by atoms with Crippen molar-refractivity contribution < 1.29 is 9.13 Å². The van der Waals surface area contributed by atoms with Crippen molar-refractivity contribution in [3.8, 4) is 5.75 Å². The van der Waals surface area contributed by atoms with Crippen molar-refractivity contribution in [1.29, 1.82) is 0 Å². The first-order valence-electron chi connectivity index (χ1n) is 6.80. The second-order valence-electron chi connectivity index (χ2n) is 4.72. The van der Waals surface area contributed by atoms with Gasteiger partial charge in [0.1, 0.15) is 11.6 Å². The van der Waals surface area contributed by atoms with Gasteiger partial charge in [-0.1, -0.05) is 19.4 Å². The van der Waals surface area contributed by atoms with Gasteiger partial charge in [-0.3, -0.25) is 0 Å². The first-order chi connectivity index (χ1) is 9.21. The molecule has 0 fully saturated rings. The highest BCUT2D eigenvalue weighted by atomic mass is 35.5. The Kier molecular flexibility index (Phi) is 7.84. The molecule has 0 aliphatic heterocycles. The first-order valence-corrected chi connectivity index (χ1v) is 7.33. The molecule has 0 aliphatic rings. The number of rotatable bonds is 9. The fourth-order valence-corrected chi connectivity index (χ4v) is 2.43.